The number of hydrogen-bond acceptors (Lipinski definition) is 4. The van der Waals surface area contributed by atoms with E-state index in [9.17, 15) is 9.18 Å². The molecule has 2 fully saturated rings. The number of carbonyl (C=O) groups excluding carboxylic acids is 1. The average Bonchev–Trinajstić information content (AvgIpc) is 3.04. The van der Waals surface area contributed by atoms with E-state index in [1.807, 2.05) is 0 Å². The Kier molecular flexibility index (Phi) is 6.57. The highest BCUT2D eigenvalue weighted by atomic mass is 35.5. The number of piperidine rings is 1. The number of benzene rings is 1. The first kappa shape index (κ1) is 19.1. The lowest BCUT2D eigenvalue weighted by molar-refractivity contribution is -0.123. The first-order valence-electron chi connectivity index (χ1n) is 8.31. The summed E-state index contributed by atoms with van der Waals surface area (Å²) in [6.07, 6.45) is 2.83. The van der Waals surface area contributed by atoms with E-state index in [4.69, 9.17) is 0 Å². The van der Waals surface area contributed by atoms with Crippen molar-refractivity contribution in [3.63, 3.8) is 0 Å². The van der Waals surface area contributed by atoms with Crippen LogP contribution in [0.4, 0.5) is 4.39 Å². The zero-order chi connectivity index (χ0) is 16.3. The molecule has 2 aliphatic rings. The molecule has 0 saturated carbocycles. The second-order valence-corrected chi connectivity index (χ2v) is 6.96. The monoisotopic (exact) mass is 356 g/mol. The number of carbonyl (C=O) groups is 1. The van der Waals surface area contributed by atoms with E-state index in [0.29, 0.717) is 13.0 Å². The maximum absolute atomic E-state index is 13.0. The van der Waals surface area contributed by atoms with Gasteiger partial charge >= 0.3 is 0 Å². The predicted octanol–water partition coefficient (Wildman–Crippen LogP) is 1.66. The van der Waals surface area contributed by atoms with E-state index >= 15 is 0 Å². The topological polar surface area (TPSA) is 65.2 Å². The summed E-state index contributed by atoms with van der Waals surface area (Å²) in [5.74, 6) is -0.217. The molecule has 2 atom stereocenters. The lowest BCUT2D eigenvalue weighted by Crippen LogP contribution is -2.48. The van der Waals surface area contributed by atoms with Gasteiger partial charge in [0, 0.05) is 12.6 Å². The fraction of sp³-hybridized carbons (Fsp3) is 0.588. The Balaban J connectivity index is 0.00000208. The standard InChI is InChI=1S/C17H25FN4O.ClH/c1-17(6-8-19-9-7-17)11-20-16(23)15-10-14(21-22-15)12-2-4-13(18)5-3-12;/h2-5,14-15,19,21-22H,6-11H2,1H3,(H,20,23);1H. The molecule has 0 aliphatic carbocycles. The van der Waals surface area contributed by atoms with Crippen LogP contribution in [0.2, 0.25) is 0 Å². The molecule has 0 aromatic heterocycles. The first-order chi connectivity index (χ1) is 11.1. The van der Waals surface area contributed by atoms with Gasteiger partial charge in [0.1, 0.15) is 11.9 Å². The van der Waals surface area contributed by atoms with Crippen molar-refractivity contribution in [1.82, 2.24) is 21.5 Å². The van der Waals surface area contributed by atoms with Gasteiger partial charge in [-0.05, 0) is 55.5 Å². The molecule has 5 nitrogen and oxygen atoms in total. The van der Waals surface area contributed by atoms with Crippen molar-refractivity contribution in [3.8, 4) is 0 Å². The zero-order valence-electron chi connectivity index (χ0n) is 13.9. The minimum absolute atomic E-state index is 0. The molecule has 7 heteroatoms. The van der Waals surface area contributed by atoms with Crippen molar-refractivity contribution in [1.29, 1.82) is 0 Å². The van der Waals surface area contributed by atoms with Gasteiger partial charge in [0.25, 0.3) is 0 Å². The number of amides is 1. The Bertz CT molecular complexity index is 548. The summed E-state index contributed by atoms with van der Waals surface area (Å²) in [6.45, 7) is 4.98. The largest absolute Gasteiger partial charge is 0.354 e. The first-order valence-corrected chi connectivity index (χ1v) is 8.31. The molecule has 2 heterocycles. The number of nitrogens with one attached hydrogen (secondary N) is 4. The van der Waals surface area contributed by atoms with Crippen LogP contribution in [0, 0.1) is 11.2 Å². The molecule has 1 amide bonds. The quantitative estimate of drug-likeness (QED) is 0.662. The van der Waals surface area contributed by atoms with Crippen molar-refractivity contribution in [3.05, 3.63) is 35.6 Å². The van der Waals surface area contributed by atoms with Crippen LogP contribution in [0.1, 0.15) is 37.8 Å². The van der Waals surface area contributed by atoms with Gasteiger partial charge in [0.2, 0.25) is 5.91 Å². The summed E-state index contributed by atoms with van der Waals surface area (Å²) >= 11 is 0. The molecule has 2 aliphatic heterocycles. The normalized spacial score (nSPS) is 25.8. The van der Waals surface area contributed by atoms with E-state index < -0.39 is 0 Å². The molecule has 3 rings (SSSR count). The second kappa shape index (κ2) is 8.25. The van der Waals surface area contributed by atoms with Crippen molar-refractivity contribution < 1.29 is 9.18 Å². The van der Waals surface area contributed by atoms with Gasteiger partial charge in [-0.15, -0.1) is 12.4 Å². The van der Waals surface area contributed by atoms with Crippen LogP contribution in [0.3, 0.4) is 0 Å². The van der Waals surface area contributed by atoms with Gasteiger partial charge in [-0.25, -0.2) is 15.2 Å². The van der Waals surface area contributed by atoms with Crippen molar-refractivity contribution in [2.24, 2.45) is 5.41 Å². The minimum atomic E-state index is -0.254. The summed E-state index contributed by atoms with van der Waals surface area (Å²) < 4.78 is 13.0. The molecule has 1 aromatic rings. The molecule has 0 spiro atoms. The van der Waals surface area contributed by atoms with Gasteiger partial charge in [-0.1, -0.05) is 19.1 Å². The number of rotatable bonds is 4. The van der Waals surface area contributed by atoms with Crippen LogP contribution < -0.4 is 21.5 Å². The molecule has 2 saturated heterocycles. The average molecular weight is 357 g/mol. The maximum atomic E-state index is 13.0. The van der Waals surface area contributed by atoms with Crippen molar-refractivity contribution in [2.75, 3.05) is 19.6 Å². The second-order valence-electron chi connectivity index (χ2n) is 6.96. The summed E-state index contributed by atoms with van der Waals surface area (Å²) in [7, 11) is 0. The highest BCUT2D eigenvalue weighted by Gasteiger charge is 2.32. The van der Waals surface area contributed by atoms with Gasteiger partial charge < -0.3 is 10.6 Å². The van der Waals surface area contributed by atoms with Crippen LogP contribution in [0.5, 0.6) is 0 Å². The minimum Gasteiger partial charge on any atom is -0.354 e. The van der Waals surface area contributed by atoms with Crippen LogP contribution in [-0.2, 0) is 4.79 Å². The molecular weight excluding hydrogens is 331 g/mol. The Morgan fingerprint density at radius 2 is 1.92 bits per heavy atom. The summed E-state index contributed by atoms with van der Waals surface area (Å²) in [4.78, 5) is 12.4. The smallest absolute Gasteiger partial charge is 0.238 e. The lowest BCUT2D eigenvalue weighted by Gasteiger charge is -2.34. The van der Waals surface area contributed by atoms with Crippen molar-refractivity contribution >= 4 is 18.3 Å². The van der Waals surface area contributed by atoms with E-state index in [0.717, 1.165) is 31.5 Å². The van der Waals surface area contributed by atoms with Crippen LogP contribution in [0.25, 0.3) is 0 Å². The SMILES string of the molecule is CC1(CNC(=O)C2CC(c3ccc(F)cc3)NN2)CCNCC1.Cl. The Morgan fingerprint density at radius 1 is 1.25 bits per heavy atom. The van der Waals surface area contributed by atoms with Gasteiger partial charge in [-0.2, -0.15) is 0 Å². The fourth-order valence-electron chi connectivity index (χ4n) is 3.27. The van der Waals surface area contributed by atoms with Crippen LogP contribution in [0.15, 0.2) is 24.3 Å². The Morgan fingerprint density at radius 3 is 2.58 bits per heavy atom. The predicted molar refractivity (Wildman–Crippen MR) is 94.3 cm³/mol. The summed E-state index contributed by atoms with van der Waals surface area (Å²) in [6, 6.07) is 6.18. The zero-order valence-corrected chi connectivity index (χ0v) is 14.7. The lowest BCUT2D eigenvalue weighted by atomic mass is 9.81. The maximum Gasteiger partial charge on any atom is 0.238 e. The molecule has 0 radical (unpaired) electrons. The molecule has 4 N–H and O–H groups in total. The third kappa shape index (κ3) is 4.66. The third-order valence-corrected chi connectivity index (χ3v) is 4.99. The fourth-order valence-corrected chi connectivity index (χ4v) is 3.27. The molecule has 1 aromatic carbocycles. The third-order valence-electron chi connectivity index (χ3n) is 4.99. The molecule has 134 valence electrons. The van der Waals surface area contributed by atoms with Crippen molar-refractivity contribution in [2.45, 2.75) is 38.3 Å². The van der Waals surface area contributed by atoms with E-state index in [1.165, 1.54) is 12.1 Å². The Hall–Kier alpha value is -1.21. The van der Waals surface area contributed by atoms with E-state index in [-0.39, 0.29) is 41.6 Å². The molecule has 2 unspecified atom stereocenters. The number of halogens is 2. The van der Waals surface area contributed by atoms with Gasteiger partial charge in [0.05, 0.1) is 0 Å². The van der Waals surface area contributed by atoms with Gasteiger partial charge in [-0.3, -0.25) is 4.79 Å². The summed E-state index contributed by atoms with van der Waals surface area (Å²) in [5.41, 5.74) is 7.35. The van der Waals surface area contributed by atoms with E-state index in [2.05, 4.69) is 28.4 Å². The van der Waals surface area contributed by atoms with Gasteiger partial charge in [0.15, 0.2) is 0 Å². The number of hydrazine groups is 1. The highest BCUT2D eigenvalue weighted by Crippen LogP contribution is 2.27. The Labute approximate surface area is 148 Å². The summed E-state index contributed by atoms with van der Waals surface area (Å²) in [5, 5.41) is 6.44. The molecular formula is C17H26ClFN4O. The molecule has 0 bridgehead atoms. The highest BCUT2D eigenvalue weighted by molar-refractivity contribution is 5.85. The number of hydrogen-bond donors (Lipinski definition) is 4. The molecule has 24 heavy (non-hydrogen) atoms. The van der Waals surface area contributed by atoms with Crippen LogP contribution >= 0.6 is 12.4 Å². The van der Waals surface area contributed by atoms with Crippen LogP contribution in [-0.4, -0.2) is 31.6 Å². The van der Waals surface area contributed by atoms with E-state index in [1.54, 1.807) is 12.1 Å².